The number of rotatable bonds is 2. The lowest BCUT2D eigenvalue weighted by Crippen LogP contribution is -2.50. The Bertz CT molecular complexity index is 483. The summed E-state index contributed by atoms with van der Waals surface area (Å²) in [6.45, 7) is 2.32. The Morgan fingerprint density at radius 2 is 2.32 bits per heavy atom. The maximum absolute atomic E-state index is 13.9. The van der Waals surface area contributed by atoms with Crippen LogP contribution in [0.4, 0.5) is 4.39 Å². The van der Waals surface area contributed by atoms with Crippen LogP contribution < -0.4 is 0 Å². The normalized spacial score (nSPS) is 23.5. The van der Waals surface area contributed by atoms with Crippen molar-refractivity contribution in [1.29, 1.82) is 0 Å². The third-order valence-corrected chi connectivity index (χ3v) is 3.61. The number of aliphatic hydroxyl groups excluding tert-OH is 1. The number of amides is 1. The summed E-state index contributed by atoms with van der Waals surface area (Å²) in [4.78, 5) is 13.8. The van der Waals surface area contributed by atoms with E-state index in [-0.39, 0.29) is 35.2 Å². The molecule has 1 aliphatic rings. The third-order valence-electron chi connectivity index (χ3n) is 3.00. The van der Waals surface area contributed by atoms with Crippen LogP contribution in [0.2, 0.25) is 0 Å². The molecule has 4 nitrogen and oxygen atoms in total. The molecule has 0 saturated carbocycles. The van der Waals surface area contributed by atoms with E-state index in [0.717, 1.165) is 0 Å². The Morgan fingerprint density at radius 3 is 3.00 bits per heavy atom. The van der Waals surface area contributed by atoms with Crippen molar-refractivity contribution >= 4 is 21.8 Å². The highest BCUT2D eigenvalue weighted by Crippen LogP contribution is 2.21. The number of nitrogens with zero attached hydrogens (tertiary/aromatic N) is 1. The van der Waals surface area contributed by atoms with Gasteiger partial charge in [-0.3, -0.25) is 4.79 Å². The topological polar surface area (TPSA) is 49.8 Å². The summed E-state index contributed by atoms with van der Waals surface area (Å²) in [7, 11) is 0. The summed E-state index contributed by atoms with van der Waals surface area (Å²) in [6, 6.07) is 4.62. The fraction of sp³-hybridized carbons (Fsp3) is 0.462. The lowest BCUT2D eigenvalue weighted by molar-refractivity contribution is -0.0859. The summed E-state index contributed by atoms with van der Waals surface area (Å²) in [6.07, 6.45) is -0.590. The zero-order valence-corrected chi connectivity index (χ0v) is 12.1. The minimum absolute atomic E-state index is 0.0279. The lowest BCUT2D eigenvalue weighted by atomic mass is 10.1. The Balaban J connectivity index is 2.21. The Morgan fingerprint density at radius 1 is 1.58 bits per heavy atom. The number of hydrogen-bond donors (Lipinski definition) is 1. The van der Waals surface area contributed by atoms with Crippen LogP contribution in [0.15, 0.2) is 22.7 Å². The van der Waals surface area contributed by atoms with E-state index in [1.165, 1.54) is 11.0 Å². The molecule has 2 unspecified atom stereocenters. The molecule has 1 N–H and O–H groups in total. The van der Waals surface area contributed by atoms with Crippen molar-refractivity contribution in [2.45, 2.75) is 19.1 Å². The van der Waals surface area contributed by atoms with Crippen LogP contribution in [0.5, 0.6) is 0 Å². The lowest BCUT2D eigenvalue weighted by Gasteiger charge is -2.36. The molecule has 0 spiro atoms. The van der Waals surface area contributed by atoms with Crippen molar-refractivity contribution < 1.29 is 19.0 Å². The zero-order valence-electron chi connectivity index (χ0n) is 10.5. The van der Waals surface area contributed by atoms with E-state index in [9.17, 15) is 9.18 Å². The molecule has 6 heteroatoms. The zero-order chi connectivity index (χ0) is 14.0. The van der Waals surface area contributed by atoms with Gasteiger partial charge in [-0.2, -0.15) is 0 Å². The highest BCUT2D eigenvalue weighted by molar-refractivity contribution is 9.10. The van der Waals surface area contributed by atoms with Crippen LogP contribution in [-0.4, -0.2) is 47.8 Å². The maximum atomic E-state index is 13.9. The number of halogens is 2. The van der Waals surface area contributed by atoms with Crippen LogP contribution in [-0.2, 0) is 4.74 Å². The van der Waals surface area contributed by atoms with Gasteiger partial charge in [0.05, 0.1) is 28.9 Å². The number of carbonyl (C=O) groups excluding carboxylic acids is 1. The number of morpholine rings is 1. The SMILES string of the molecule is CC1CN(C(=O)c2cccc(Br)c2F)CC(CO)O1. The van der Waals surface area contributed by atoms with Gasteiger partial charge in [0.25, 0.3) is 5.91 Å². The summed E-state index contributed by atoms with van der Waals surface area (Å²) < 4.78 is 19.6. The smallest absolute Gasteiger partial charge is 0.257 e. The average Bonchev–Trinajstić information content (AvgIpc) is 2.40. The second-order valence-corrected chi connectivity index (χ2v) is 5.42. The van der Waals surface area contributed by atoms with Crippen LogP contribution in [0.3, 0.4) is 0 Å². The molecular weight excluding hydrogens is 317 g/mol. The molecule has 0 aliphatic carbocycles. The maximum Gasteiger partial charge on any atom is 0.257 e. The number of aliphatic hydroxyl groups is 1. The van der Waals surface area contributed by atoms with E-state index in [1.54, 1.807) is 12.1 Å². The Kier molecular flexibility index (Phi) is 4.54. The van der Waals surface area contributed by atoms with Gasteiger partial charge in [0.2, 0.25) is 0 Å². The fourth-order valence-electron chi connectivity index (χ4n) is 2.15. The van der Waals surface area contributed by atoms with Crippen molar-refractivity contribution in [3.8, 4) is 0 Å². The Hall–Kier alpha value is -0.980. The van der Waals surface area contributed by atoms with Gasteiger partial charge >= 0.3 is 0 Å². The van der Waals surface area contributed by atoms with Crippen molar-refractivity contribution in [3.63, 3.8) is 0 Å². The van der Waals surface area contributed by atoms with Gasteiger partial charge in [0.15, 0.2) is 0 Å². The number of carbonyl (C=O) groups is 1. The summed E-state index contributed by atoms with van der Waals surface area (Å²) >= 11 is 3.07. The molecule has 1 aromatic carbocycles. The number of ether oxygens (including phenoxy) is 1. The molecule has 1 fully saturated rings. The molecule has 2 atom stereocenters. The number of hydrogen-bond acceptors (Lipinski definition) is 3. The highest BCUT2D eigenvalue weighted by atomic mass is 79.9. The fourth-order valence-corrected chi connectivity index (χ4v) is 2.52. The van der Waals surface area contributed by atoms with Crippen LogP contribution in [0.25, 0.3) is 0 Å². The first-order valence-electron chi connectivity index (χ1n) is 6.02. The van der Waals surface area contributed by atoms with Gasteiger partial charge in [0.1, 0.15) is 5.82 Å². The van der Waals surface area contributed by atoms with Crippen LogP contribution in [0, 0.1) is 5.82 Å². The monoisotopic (exact) mass is 331 g/mol. The van der Waals surface area contributed by atoms with Gasteiger partial charge < -0.3 is 14.7 Å². The molecule has 0 aromatic heterocycles. The minimum atomic E-state index is -0.563. The first-order chi connectivity index (χ1) is 9.02. The average molecular weight is 332 g/mol. The van der Waals surface area contributed by atoms with Crippen molar-refractivity contribution in [3.05, 3.63) is 34.1 Å². The molecule has 2 rings (SSSR count). The summed E-state index contributed by atoms with van der Waals surface area (Å²) in [5.74, 6) is -0.945. The molecule has 104 valence electrons. The predicted molar refractivity (Wildman–Crippen MR) is 71.4 cm³/mol. The summed E-state index contributed by atoms with van der Waals surface area (Å²) in [5.41, 5.74) is 0.0279. The second kappa shape index (κ2) is 5.98. The largest absolute Gasteiger partial charge is 0.394 e. The van der Waals surface area contributed by atoms with Crippen molar-refractivity contribution in [2.75, 3.05) is 19.7 Å². The van der Waals surface area contributed by atoms with Gasteiger partial charge in [-0.15, -0.1) is 0 Å². The summed E-state index contributed by atoms with van der Waals surface area (Å²) in [5, 5.41) is 9.13. The number of benzene rings is 1. The van der Waals surface area contributed by atoms with Gasteiger partial charge in [-0.25, -0.2) is 4.39 Å². The van der Waals surface area contributed by atoms with E-state index < -0.39 is 11.9 Å². The quantitative estimate of drug-likeness (QED) is 0.899. The first kappa shape index (κ1) is 14.4. The van der Waals surface area contributed by atoms with Gasteiger partial charge in [-0.05, 0) is 35.0 Å². The molecule has 1 heterocycles. The Labute approximate surface area is 119 Å². The van der Waals surface area contributed by atoms with Crippen LogP contribution in [0.1, 0.15) is 17.3 Å². The highest BCUT2D eigenvalue weighted by Gasteiger charge is 2.29. The molecule has 1 saturated heterocycles. The van der Waals surface area contributed by atoms with Crippen LogP contribution >= 0.6 is 15.9 Å². The standard InChI is InChI=1S/C13H15BrFNO3/c1-8-5-16(6-9(7-17)19-8)13(18)10-3-2-4-11(14)12(10)15/h2-4,8-9,17H,5-7H2,1H3. The molecule has 1 aromatic rings. The molecule has 1 aliphatic heterocycles. The molecule has 1 amide bonds. The minimum Gasteiger partial charge on any atom is -0.394 e. The van der Waals surface area contributed by atoms with E-state index in [4.69, 9.17) is 9.84 Å². The van der Waals surface area contributed by atoms with E-state index in [1.807, 2.05) is 6.92 Å². The molecular formula is C13H15BrFNO3. The molecule has 0 radical (unpaired) electrons. The molecule has 19 heavy (non-hydrogen) atoms. The first-order valence-corrected chi connectivity index (χ1v) is 6.81. The predicted octanol–water partition coefficient (Wildman–Crippen LogP) is 1.81. The second-order valence-electron chi connectivity index (χ2n) is 4.56. The van der Waals surface area contributed by atoms with E-state index in [0.29, 0.717) is 6.54 Å². The van der Waals surface area contributed by atoms with Crippen molar-refractivity contribution in [2.24, 2.45) is 0 Å². The van der Waals surface area contributed by atoms with Gasteiger partial charge in [-0.1, -0.05) is 6.07 Å². The van der Waals surface area contributed by atoms with Gasteiger partial charge in [0, 0.05) is 13.1 Å². The molecule has 0 bridgehead atoms. The third kappa shape index (κ3) is 3.13. The van der Waals surface area contributed by atoms with Crippen molar-refractivity contribution in [1.82, 2.24) is 4.90 Å². The van der Waals surface area contributed by atoms with E-state index >= 15 is 0 Å². The van der Waals surface area contributed by atoms with E-state index in [2.05, 4.69) is 15.9 Å².